The molecule has 1 aliphatic rings. The van der Waals surface area contributed by atoms with Gasteiger partial charge in [0.25, 0.3) is 0 Å². The van der Waals surface area contributed by atoms with Crippen molar-refractivity contribution in [2.24, 2.45) is 5.92 Å². The van der Waals surface area contributed by atoms with Crippen LogP contribution in [0.5, 0.6) is 0 Å². The first-order valence-corrected chi connectivity index (χ1v) is 7.76. The first-order chi connectivity index (χ1) is 9.97. The molecule has 5 heteroatoms. The number of aliphatic hydroxyl groups is 1. The normalized spacial score (nSPS) is 18.7. The summed E-state index contributed by atoms with van der Waals surface area (Å²) in [6.45, 7) is 4.49. The van der Waals surface area contributed by atoms with Gasteiger partial charge in [0.1, 0.15) is 0 Å². The van der Waals surface area contributed by atoms with Gasteiger partial charge in [0, 0.05) is 29.6 Å². The molecule has 0 spiro atoms. The molecule has 0 saturated heterocycles. The van der Waals surface area contributed by atoms with E-state index in [0.29, 0.717) is 6.54 Å². The number of amides is 2. The van der Waals surface area contributed by atoms with Crippen molar-refractivity contribution in [3.05, 3.63) is 34.9 Å². The predicted molar refractivity (Wildman–Crippen MR) is 84.6 cm³/mol. The van der Waals surface area contributed by atoms with Gasteiger partial charge >= 0.3 is 6.03 Å². The van der Waals surface area contributed by atoms with Gasteiger partial charge in [-0.25, -0.2) is 4.79 Å². The van der Waals surface area contributed by atoms with Gasteiger partial charge < -0.3 is 15.7 Å². The van der Waals surface area contributed by atoms with Crippen LogP contribution in [-0.2, 0) is 5.41 Å². The number of urea groups is 1. The number of nitrogens with one attached hydrogen (secondary N) is 2. The number of rotatable bonds is 6. The molecule has 0 heterocycles. The van der Waals surface area contributed by atoms with Crippen LogP contribution < -0.4 is 10.6 Å². The molecule has 1 saturated carbocycles. The van der Waals surface area contributed by atoms with E-state index < -0.39 is 0 Å². The van der Waals surface area contributed by atoms with Crippen molar-refractivity contribution in [3.63, 3.8) is 0 Å². The lowest BCUT2D eigenvalue weighted by Crippen LogP contribution is -2.46. The lowest BCUT2D eigenvalue weighted by Gasteiger charge is -2.21. The van der Waals surface area contributed by atoms with Crippen LogP contribution in [0.1, 0.15) is 32.3 Å². The average Bonchev–Trinajstić information content (AvgIpc) is 3.26. The number of halogens is 1. The fourth-order valence-electron chi connectivity index (χ4n) is 2.33. The summed E-state index contributed by atoms with van der Waals surface area (Å²) in [6.07, 6.45) is 2.16. The Bertz CT molecular complexity index is 486. The Morgan fingerprint density at radius 3 is 2.48 bits per heavy atom. The highest BCUT2D eigenvalue weighted by Gasteiger charge is 2.44. The molecule has 0 aromatic heterocycles. The fraction of sp³-hybridized carbons (Fsp3) is 0.562. The van der Waals surface area contributed by atoms with Crippen molar-refractivity contribution in [1.29, 1.82) is 0 Å². The summed E-state index contributed by atoms with van der Waals surface area (Å²) in [7, 11) is 0. The van der Waals surface area contributed by atoms with Crippen molar-refractivity contribution < 1.29 is 9.90 Å². The molecule has 4 nitrogen and oxygen atoms in total. The van der Waals surface area contributed by atoms with E-state index in [9.17, 15) is 4.79 Å². The van der Waals surface area contributed by atoms with Crippen LogP contribution in [0.25, 0.3) is 0 Å². The van der Waals surface area contributed by atoms with E-state index in [1.807, 2.05) is 38.1 Å². The van der Waals surface area contributed by atoms with Crippen molar-refractivity contribution in [2.75, 3.05) is 13.2 Å². The minimum Gasteiger partial charge on any atom is -0.396 e. The molecule has 0 aliphatic heterocycles. The molecule has 2 amide bonds. The van der Waals surface area contributed by atoms with Crippen LogP contribution in [0.4, 0.5) is 4.79 Å². The molecule has 21 heavy (non-hydrogen) atoms. The Hall–Kier alpha value is -1.26. The van der Waals surface area contributed by atoms with Crippen LogP contribution in [0.15, 0.2) is 24.3 Å². The Balaban J connectivity index is 1.85. The van der Waals surface area contributed by atoms with Gasteiger partial charge in [-0.15, -0.1) is 0 Å². The highest BCUT2D eigenvalue weighted by molar-refractivity contribution is 6.30. The highest BCUT2D eigenvalue weighted by Crippen LogP contribution is 2.47. The second-order valence-corrected chi connectivity index (χ2v) is 6.50. The van der Waals surface area contributed by atoms with Crippen LogP contribution in [0.2, 0.25) is 5.02 Å². The molecule has 116 valence electrons. The quantitative estimate of drug-likeness (QED) is 0.756. The van der Waals surface area contributed by atoms with Gasteiger partial charge in [0.2, 0.25) is 0 Å². The molecule has 0 radical (unpaired) electrons. The molecule has 1 aromatic rings. The molecule has 0 bridgehead atoms. The molecule has 2 rings (SSSR count). The summed E-state index contributed by atoms with van der Waals surface area (Å²) in [6, 6.07) is 7.62. The third-order valence-electron chi connectivity index (χ3n) is 4.40. The Morgan fingerprint density at radius 1 is 1.33 bits per heavy atom. The molecule has 1 aliphatic carbocycles. The van der Waals surface area contributed by atoms with Gasteiger partial charge in [0.05, 0.1) is 0 Å². The van der Waals surface area contributed by atoms with Crippen molar-refractivity contribution in [2.45, 2.75) is 38.1 Å². The van der Waals surface area contributed by atoms with Crippen molar-refractivity contribution in [3.8, 4) is 0 Å². The maximum Gasteiger partial charge on any atom is 0.315 e. The molecular weight excluding hydrogens is 288 g/mol. The molecule has 3 N–H and O–H groups in total. The van der Waals surface area contributed by atoms with E-state index in [1.54, 1.807) is 0 Å². The first kappa shape index (κ1) is 16.1. The van der Waals surface area contributed by atoms with E-state index in [1.165, 1.54) is 5.56 Å². The summed E-state index contributed by atoms with van der Waals surface area (Å²) in [4.78, 5) is 11.9. The predicted octanol–water partition coefficient (Wildman–Crippen LogP) is 2.69. The maximum absolute atomic E-state index is 11.9. The number of hydrogen-bond donors (Lipinski definition) is 3. The maximum atomic E-state index is 11.9. The van der Waals surface area contributed by atoms with E-state index >= 15 is 0 Å². The summed E-state index contributed by atoms with van der Waals surface area (Å²) in [5, 5.41) is 15.6. The van der Waals surface area contributed by atoms with E-state index in [2.05, 4.69) is 10.6 Å². The zero-order valence-electron chi connectivity index (χ0n) is 12.5. The topological polar surface area (TPSA) is 61.4 Å². The van der Waals surface area contributed by atoms with Gasteiger partial charge in [-0.1, -0.05) is 30.7 Å². The SMILES string of the molecule is CC(CO)C(C)NC(=O)NCC1(c2ccc(Cl)cc2)CC1. The van der Waals surface area contributed by atoms with Crippen molar-refractivity contribution >= 4 is 17.6 Å². The average molecular weight is 311 g/mol. The summed E-state index contributed by atoms with van der Waals surface area (Å²) >= 11 is 5.91. The van der Waals surface area contributed by atoms with Gasteiger partial charge in [0.15, 0.2) is 0 Å². The molecule has 2 unspecified atom stereocenters. The van der Waals surface area contributed by atoms with Gasteiger partial charge in [-0.3, -0.25) is 0 Å². The van der Waals surface area contributed by atoms with E-state index in [-0.39, 0.29) is 30.0 Å². The Kier molecular flexibility index (Phi) is 5.12. The monoisotopic (exact) mass is 310 g/mol. The van der Waals surface area contributed by atoms with Crippen LogP contribution in [-0.4, -0.2) is 30.3 Å². The third kappa shape index (κ3) is 4.11. The number of hydrogen-bond acceptors (Lipinski definition) is 2. The highest BCUT2D eigenvalue weighted by atomic mass is 35.5. The number of carbonyl (C=O) groups is 1. The largest absolute Gasteiger partial charge is 0.396 e. The minimum absolute atomic E-state index is 0.0434. The Morgan fingerprint density at radius 2 is 1.95 bits per heavy atom. The number of aliphatic hydroxyl groups excluding tert-OH is 1. The Labute approximate surface area is 130 Å². The second kappa shape index (κ2) is 6.67. The number of benzene rings is 1. The lowest BCUT2D eigenvalue weighted by atomic mass is 9.96. The minimum atomic E-state index is -0.178. The van der Waals surface area contributed by atoms with E-state index in [0.717, 1.165) is 17.9 Å². The molecular formula is C16H23ClN2O2. The molecule has 1 aromatic carbocycles. The fourth-order valence-corrected chi connectivity index (χ4v) is 2.46. The van der Waals surface area contributed by atoms with Gasteiger partial charge in [-0.2, -0.15) is 0 Å². The molecule has 2 atom stereocenters. The van der Waals surface area contributed by atoms with E-state index in [4.69, 9.17) is 16.7 Å². The molecule has 1 fully saturated rings. The summed E-state index contributed by atoms with van der Waals surface area (Å²) in [5.41, 5.74) is 1.29. The standard InChI is InChI=1S/C16H23ClN2O2/c1-11(9-20)12(2)19-15(21)18-10-16(7-8-16)13-3-5-14(17)6-4-13/h3-6,11-12,20H,7-10H2,1-2H3,(H2,18,19,21). The smallest absolute Gasteiger partial charge is 0.315 e. The third-order valence-corrected chi connectivity index (χ3v) is 4.65. The van der Waals surface area contributed by atoms with Crippen LogP contribution in [0.3, 0.4) is 0 Å². The number of carbonyl (C=O) groups excluding carboxylic acids is 1. The second-order valence-electron chi connectivity index (χ2n) is 6.06. The van der Waals surface area contributed by atoms with Crippen molar-refractivity contribution in [1.82, 2.24) is 10.6 Å². The first-order valence-electron chi connectivity index (χ1n) is 7.38. The summed E-state index contributed by atoms with van der Waals surface area (Å²) < 4.78 is 0. The lowest BCUT2D eigenvalue weighted by molar-refractivity contribution is 0.200. The van der Waals surface area contributed by atoms with Crippen LogP contribution >= 0.6 is 11.6 Å². The van der Waals surface area contributed by atoms with Crippen LogP contribution in [0, 0.1) is 5.92 Å². The summed E-state index contributed by atoms with van der Waals surface area (Å²) in [5.74, 6) is 0.0434. The zero-order valence-corrected chi connectivity index (χ0v) is 13.3. The van der Waals surface area contributed by atoms with Gasteiger partial charge in [-0.05, 0) is 43.4 Å². The zero-order chi connectivity index (χ0) is 15.5.